The Balaban J connectivity index is 1.84. The molecule has 1 aliphatic heterocycles. The van der Waals surface area contributed by atoms with Gasteiger partial charge in [-0.05, 0) is 19.8 Å². The van der Waals surface area contributed by atoms with Gasteiger partial charge in [-0.2, -0.15) is 0 Å². The van der Waals surface area contributed by atoms with E-state index in [4.69, 9.17) is 9.63 Å². The second-order valence-corrected chi connectivity index (χ2v) is 4.46. The summed E-state index contributed by atoms with van der Waals surface area (Å²) >= 11 is 0. The van der Waals surface area contributed by atoms with Gasteiger partial charge in [-0.3, -0.25) is 9.69 Å². The molecule has 0 aromatic carbocycles. The molecule has 0 unspecified atom stereocenters. The lowest BCUT2D eigenvalue weighted by Crippen LogP contribution is -2.46. The molecule has 1 N–H and O–H groups in total. The zero-order chi connectivity index (χ0) is 11.7. The average Bonchev–Trinajstić information content (AvgIpc) is 2.44. The van der Waals surface area contributed by atoms with E-state index in [1.54, 1.807) is 0 Å². The number of aromatic nitrogens is 1. The summed E-state index contributed by atoms with van der Waals surface area (Å²) in [4.78, 5) is 12.7. The Morgan fingerprint density at radius 2 is 2.25 bits per heavy atom. The summed E-state index contributed by atoms with van der Waals surface area (Å²) in [6.45, 7) is 6.37. The molecule has 0 spiro atoms. The van der Waals surface area contributed by atoms with Gasteiger partial charge in [0.2, 0.25) is 0 Å². The Morgan fingerprint density at radius 3 is 2.75 bits per heavy atom. The number of hydrogen-bond donors (Lipinski definition) is 1. The van der Waals surface area contributed by atoms with E-state index in [1.165, 1.54) is 0 Å². The molecule has 2 heterocycles. The van der Waals surface area contributed by atoms with Crippen LogP contribution in [0.4, 0.5) is 0 Å². The quantitative estimate of drug-likeness (QED) is 0.832. The highest BCUT2D eigenvalue weighted by Gasteiger charge is 2.29. The van der Waals surface area contributed by atoms with E-state index in [-0.39, 0.29) is 6.42 Å². The van der Waals surface area contributed by atoms with Crippen molar-refractivity contribution >= 4 is 5.97 Å². The van der Waals surface area contributed by atoms with Gasteiger partial charge in [0, 0.05) is 25.2 Å². The zero-order valence-electron chi connectivity index (χ0n) is 9.56. The highest BCUT2D eigenvalue weighted by atomic mass is 16.5. The maximum Gasteiger partial charge on any atom is 0.303 e. The normalized spacial score (nSPS) is 17.4. The summed E-state index contributed by atoms with van der Waals surface area (Å²) in [7, 11) is 0. The summed E-state index contributed by atoms with van der Waals surface area (Å²) in [5.41, 5.74) is 2.06. The molecule has 16 heavy (non-hydrogen) atoms. The van der Waals surface area contributed by atoms with Crippen molar-refractivity contribution in [1.29, 1.82) is 0 Å². The third kappa shape index (κ3) is 2.24. The Labute approximate surface area is 94.0 Å². The van der Waals surface area contributed by atoms with Crippen molar-refractivity contribution < 1.29 is 14.4 Å². The van der Waals surface area contributed by atoms with E-state index < -0.39 is 5.97 Å². The number of hydrogen-bond acceptors (Lipinski definition) is 4. The van der Waals surface area contributed by atoms with Crippen LogP contribution in [0.2, 0.25) is 0 Å². The van der Waals surface area contributed by atoms with Gasteiger partial charge in [0.25, 0.3) is 0 Å². The van der Waals surface area contributed by atoms with E-state index in [0.717, 1.165) is 36.7 Å². The summed E-state index contributed by atoms with van der Waals surface area (Å²) in [5.74, 6) is 0.458. The monoisotopic (exact) mass is 224 g/mol. The number of rotatable bonds is 4. The molecule has 0 aliphatic carbocycles. The lowest BCUT2D eigenvalue weighted by Gasteiger charge is -2.38. The van der Waals surface area contributed by atoms with Crippen molar-refractivity contribution in [3.63, 3.8) is 0 Å². The van der Waals surface area contributed by atoms with Crippen LogP contribution in [0.1, 0.15) is 23.4 Å². The third-order valence-corrected chi connectivity index (χ3v) is 3.06. The summed E-state index contributed by atoms with van der Waals surface area (Å²) in [6, 6.07) is 0. The topological polar surface area (TPSA) is 66.6 Å². The minimum atomic E-state index is -0.706. The Hall–Kier alpha value is -1.36. The standard InChI is InChI=1S/C11H16N2O3/c1-7-10(8(2)16-12-7)6-13-4-9(5-13)3-11(14)15/h9H,3-6H2,1-2H3,(H,14,15). The highest BCUT2D eigenvalue weighted by Crippen LogP contribution is 2.23. The van der Waals surface area contributed by atoms with Gasteiger partial charge in [-0.15, -0.1) is 0 Å². The molecule has 1 saturated heterocycles. The van der Waals surface area contributed by atoms with Crippen LogP contribution in [0.25, 0.3) is 0 Å². The van der Waals surface area contributed by atoms with Gasteiger partial charge in [-0.1, -0.05) is 5.16 Å². The molecule has 0 atom stereocenters. The Kier molecular flexibility index (Phi) is 2.96. The Bertz CT molecular complexity index is 374. The van der Waals surface area contributed by atoms with Gasteiger partial charge in [0.05, 0.1) is 12.1 Å². The first-order valence-electron chi connectivity index (χ1n) is 5.42. The van der Waals surface area contributed by atoms with Crippen LogP contribution in [0, 0.1) is 19.8 Å². The first-order chi connectivity index (χ1) is 7.56. The number of carboxylic acids is 1. The van der Waals surface area contributed by atoms with Crippen LogP contribution in [-0.2, 0) is 11.3 Å². The number of likely N-dealkylation sites (tertiary alicyclic amines) is 1. The fourth-order valence-corrected chi connectivity index (χ4v) is 2.13. The SMILES string of the molecule is Cc1noc(C)c1CN1CC(CC(=O)O)C1. The fraction of sp³-hybridized carbons (Fsp3) is 0.636. The second-order valence-electron chi connectivity index (χ2n) is 4.46. The zero-order valence-corrected chi connectivity index (χ0v) is 9.56. The summed E-state index contributed by atoms with van der Waals surface area (Å²) < 4.78 is 5.09. The van der Waals surface area contributed by atoms with Crippen molar-refractivity contribution in [2.24, 2.45) is 5.92 Å². The van der Waals surface area contributed by atoms with Gasteiger partial charge in [0.15, 0.2) is 0 Å². The number of aryl methyl sites for hydroxylation is 2. The fourth-order valence-electron chi connectivity index (χ4n) is 2.13. The van der Waals surface area contributed by atoms with Crippen LogP contribution in [-0.4, -0.2) is 34.2 Å². The number of carboxylic acid groups (broad SMARTS) is 1. The number of nitrogens with zero attached hydrogens (tertiary/aromatic N) is 2. The van der Waals surface area contributed by atoms with E-state index in [0.29, 0.717) is 5.92 Å². The van der Waals surface area contributed by atoms with Crippen molar-refractivity contribution in [3.8, 4) is 0 Å². The van der Waals surface area contributed by atoms with Crippen LogP contribution >= 0.6 is 0 Å². The van der Waals surface area contributed by atoms with Crippen LogP contribution in [0.3, 0.4) is 0 Å². The molecule has 0 radical (unpaired) electrons. The average molecular weight is 224 g/mol. The lowest BCUT2D eigenvalue weighted by atomic mass is 9.95. The molecule has 0 saturated carbocycles. The molecule has 5 heteroatoms. The van der Waals surface area contributed by atoms with Crippen molar-refractivity contribution in [1.82, 2.24) is 10.1 Å². The van der Waals surface area contributed by atoms with Gasteiger partial charge in [-0.25, -0.2) is 0 Å². The largest absolute Gasteiger partial charge is 0.481 e. The minimum Gasteiger partial charge on any atom is -0.481 e. The summed E-state index contributed by atoms with van der Waals surface area (Å²) in [6.07, 6.45) is 0.276. The molecule has 0 bridgehead atoms. The number of carbonyl (C=O) groups is 1. The van der Waals surface area contributed by atoms with Crippen molar-refractivity contribution in [3.05, 3.63) is 17.0 Å². The third-order valence-electron chi connectivity index (χ3n) is 3.06. The Morgan fingerprint density at radius 1 is 1.56 bits per heavy atom. The molecule has 1 fully saturated rings. The van der Waals surface area contributed by atoms with Gasteiger partial charge >= 0.3 is 5.97 Å². The maximum absolute atomic E-state index is 10.5. The van der Waals surface area contributed by atoms with E-state index >= 15 is 0 Å². The minimum absolute atomic E-state index is 0.276. The van der Waals surface area contributed by atoms with Crippen LogP contribution in [0.5, 0.6) is 0 Å². The first-order valence-corrected chi connectivity index (χ1v) is 5.42. The van der Waals surface area contributed by atoms with Crippen molar-refractivity contribution in [2.75, 3.05) is 13.1 Å². The molecule has 88 valence electrons. The predicted octanol–water partition coefficient (Wildman–Crippen LogP) is 1.20. The molecule has 2 rings (SSSR count). The molecular weight excluding hydrogens is 208 g/mol. The van der Waals surface area contributed by atoms with Gasteiger partial charge in [0.1, 0.15) is 5.76 Å². The lowest BCUT2D eigenvalue weighted by molar-refractivity contribution is -0.139. The molecular formula is C11H16N2O3. The van der Waals surface area contributed by atoms with E-state index in [1.807, 2.05) is 13.8 Å². The van der Waals surface area contributed by atoms with Gasteiger partial charge < -0.3 is 9.63 Å². The van der Waals surface area contributed by atoms with E-state index in [2.05, 4.69) is 10.1 Å². The molecule has 1 aromatic rings. The van der Waals surface area contributed by atoms with Crippen molar-refractivity contribution in [2.45, 2.75) is 26.8 Å². The molecule has 1 aromatic heterocycles. The smallest absolute Gasteiger partial charge is 0.303 e. The number of aliphatic carboxylic acids is 1. The highest BCUT2D eigenvalue weighted by molar-refractivity contribution is 5.67. The maximum atomic E-state index is 10.5. The van der Waals surface area contributed by atoms with E-state index in [9.17, 15) is 4.79 Å². The van der Waals surface area contributed by atoms with Crippen LogP contribution < -0.4 is 0 Å². The molecule has 1 aliphatic rings. The second kappa shape index (κ2) is 4.25. The molecule has 0 amide bonds. The molecule has 5 nitrogen and oxygen atoms in total. The predicted molar refractivity (Wildman–Crippen MR) is 57.0 cm³/mol. The van der Waals surface area contributed by atoms with Crippen LogP contribution in [0.15, 0.2) is 4.52 Å². The first kappa shape index (κ1) is 11.1. The summed E-state index contributed by atoms with van der Waals surface area (Å²) in [5, 5.41) is 12.5.